The summed E-state index contributed by atoms with van der Waals surface area (Å²) in [6, 6.07) is 14.8. The summed E-state index contributed by atoms with van der Waals surface area (Å²) >= 11 is 0. The Morgan fingerprint density at radius 3 is 2.33 bits per heavy atom. The van der Waals surface area contributed by atoms with Gasteiger partial charge in [0.05, 0.1) is 14.2 Å². The van der Waals surface area contributed by atoms with E-state index < -0.39 is 0 Å². The fourth-order valence-electron chi connectivity index (χ4n) is 2.93. The highest BCUT2D eigenvalue weighted by Gasteiger charge is 2.14. The molecule has 0 unspecified atom stereocenters. The average Bonchev–Trinajstić information content (AvgIpc) is 3.21. The lowest BCUT2D eigenvalue weighted by molar-refractivity contribution is 0.0918. The number of carbonyl (C=O) groups is 1. The predicted octanol–water partition coefficient (Wildman–Crippen LogP) is 5.45. The van der Waals surface area contributed by atoms with Gasteiger partial charge in [-0.15, -0.1) is 0 Å². The summed E-state index contributed by atoms with van der Waals surface area (Å²) in [4.78, 5) is 12.5. The molecule has 30 heavy (non-hydrogen) atoms. The molecule has 0 radical (unpaired) electrons. The Hall–Kier alpha value is -3.41. The number of methoxy groups -OCH3 is 2. The summed E-state index contributed by atoms with van der Waals surface area (Å²) in [5, 5.41) is 2.83. The highest BCUT2D eigenvalue weighted by Crippen LogP contribution is 2.30. The number of hydrogen-bond donors (Lipinski definition) is 1. The molecule has 158 valence electrons. The van der Waals surface area contributed by atoms with Gasteiger partial charge in [0, 0.05) is 18.7 Å². The highest BCUT2D eigenvalue weighted by atomic mass is 16.6. The van der Waals surface area contributed by atoms with Crippen LogP contribution < -0.4 is 19.5 Å². The molecule has 0 aliphatic heterocycles. The van der Waals surface area contributed by atoms with Crippen molar-refractivity contribution in [3.05, 3.63) is 71.0 Å². The van der Waals surface area contributed by atoms with E-state index in [1.165, 1.54) is 5.56 Å². The maximum absolute atomic E-state index is 12.5. The summed E-state index contributed by atoms with van der Waals surface area (Å²) < 4.78 is 22.0. The zero-order chi connectivity index (χ0) is 21.7. The van der Waals surface area contributed by atoms with Gasteiger partial charge in [0.2, 0.25) is 0 Å². The van der Waals surface area contributed by atoms with Crippen molar-refractivity contribution in [3.8, 4) is 23.2 Å². The molecule has 6 nitrogen and oxygen atoms in total. The second kappa shape index (κ2) is 9.39. The standard InChI is InChI=1S/C24H27NO5/c1-15(2)18-7-6-16(3)22(12-18)30-23-9-8-21(29-23)24(26)25-14-17-10-19(27-4)13-20(11-17)28-5/h6-13,15H,14H2,1-5H3,(H,25,26). The molecular weight excluding hydrogens is 382 g/mol. The number of benzene rings is 2. The third-order valence-electron chi connectivity index (χ3n) is 4.76. The molecule has 0 fully saturated rings. The molecular formula is C24H27NO5. The second-order valence-electron chi connectivity index (χ2n) is 7.30. The van der Waals surface area contributed by atoms with Crippen LogP contribution >= 0.6 is 0 Å². The van der Waals surface area contributed by atoms with Gasteiger partial charge in [-0.25, -0.2) is 0 Å². The molecule has 6 heteroatoms. The van der Waals surface area contributed by atoms with Crippen LogP contribution in [0.5, 0.6) is 23.2 Å². The van der Waals surface area contributed by atoms with Crippen LogP contribution in [0.4, 0.5) is 0 Å². The molecule has 0 saturated carbocycles. The van der Waals surface area contributed by atoms with Gasteiger partial charge in [-0.3, -0.25) is 4.79 Å². The van der Waals surface area contributed by atoms with Gasteiger partial charge in [0.15, 0.2) is 5.76 Å². The first-order valence-corrected chi connectivity index (χ1v) is 9.78. The van der Waals surface area contributed by atoms with Gasteiger partial charge in [0.1, 0.15) is 17.2 Å². The SMILES string of the molecule is COc1cc(CNC(=O)c2ccc(Oc3cc(C(C)C)ccc3C)o2)cc(OC)c1. The van der Waals surface area contributed by atoms with Crippen molar-refractivity contribution in [2.75, 3.05) is 14.2 Å². The maximum Gasteiger partial charge on any atom is 0.290 e. The van der Waals surface area contributed by atoms with Gasteiger partial charge in [0.25, 0.3) is 11.9 Å². The Morgan fingerprint density at radius 2 is 1.70 bits per heavy atom. The molecule has 0 atom stereocenters. The zero-order valence-corrected chi connectivity index (χ0v) is 17.9. The minimum Gasteiger partial charge on any atom is -0.497 e. The van der Waals surface area contributed by atoms with E-state index in [-0.39, 0.29) is 17.6 Å². The van der Waals surface area contributed by atoms with E-state index in [9.17, 15) is 4.79 Å². The van der Waals surface area contributed by atoms with E-state index in [0.717, 1.165) is 11.1 Å². The normalized spacial score (nSPS) is 10.7. The van der Waals surface area contributed by atoms with E-state index in [0.29, 0.717) is 29.7 Å². The van der Waals surface area contributed by atoms with Crippen molar-refractivity contribution in [1.82, 2.24) is 5.32 Å². The molecule has 0 saturated heterocycles. The van der Waals surface area contributed by atoms with E-state index in [1.807, 2.05) is 31.2 Å². The summed E-state index contributed by atoms with van der Waals surface area (Å²) in [7, 11) is 3.17. The minimum atomic E-state index is -0.334. The van der Waals surface area contributed by atoms with Crippen LogP contribution in [-0.2, 0) is 6.54 Å². The number of furan rings is 1. The number of rotatable bonds is 8. The van der Waals surface area contributed by atoms with Crippen molar-refractivity contribution in [2.24, 2.45) is 0 Å². The smallest absolute Gasteiger partial charge is 0.290 e. The molecule has 0 bridgehead atoms. The van der Waals surface area contributed by atoms with E-state index in [4.69, 9.17) is 18.6 Å². The molecule has 1 amide bonds. The molecule has 1 aromatic heterocycles. The maximum atomic E-state index is 12.5. The molecule has 3 aromatic rings. The van der Waals surface area contributed by atoms with Crippen molar-refractivity contribution in [3.63, 3.8) is 0 Å². The molecule has 1 heterocycles. The van der Waals surface area contributed by atoms with Gasteiger partial charge in [-0.1, -0.05) is 26.0 Å². The quantitative estimate of drug-likeness (QED) is 0.536. The number of nitrogens with one attached hydrogen (secondary N) is 1. The minimum absolute atomic E-state index is 0.178. The molecule has 1 N–H and O–H groups in total. The van der Waals surface area contributed by atoms with Crippen molar-refractivity contribution < 1.29 is 23.4 Å². The molecule has 2 aromatic carbocycles. The Kier molecular flexibility index (Phi) is 6.67. The zero-order valence-electron chi connectivity index (χ0n) is 17.9. The van der Waals surface area contributed by atoms with Crippen LogP contribution in [0.25, 0.3) is 0 Å². The van der Waals surface area contributed by atoms with Crippen molar-refractivity contribution in [1.29, 1.82) is 0 Å². The molecule has 0 aliphatic carbocycles. The first kappa shape index (κ1) is 21.3. The van der Waals surface area contributed by atoms with Gasteiger partial charge in [-0.05, 0) is 53.8 Å². The topological polar surface area (TPSA) is 69.9 Å². The van der Waals surface area contributed by atoms with Crippen LogP contribution in [-0.4, -0.2) is 20.1 Å². The molecule has 3 rings (SSSR count). The lowest BCUT2D eigenvalue weighted by atomic mass is 10.0. The number of amides is 1. The van der Waals surface area contributed by atoms with E-state index in [1.54, 1.807) is 32.4 Å². The van der Waals surface area contributed by atoms with Crippen molar-refractivity contribution in [2.45, 2.75) is 33.2 Å². The van der Waals surface area contributed by atoms with Gasteiger partial charge in [-0.2, -0.15) is 0 Å². The summed E-state index contributed by atoms with van der Waals surface area (Å²) in [5.74, 6) is 2.54. The van der Waals surface area contributed by atoms with Crippen molar-refractivity contribution >= 4 is 5.91 Å². The van der Waals surface area contributed by atoms with E-state index in [2.05, 4.69) is 25.2 Å². The lowest BCUT2D eigenvalue weighted by Gasteiger charge is -2.11. The molecule has 0 spiro atoms. The Labute approximate surface area is 176 Å². The van der Waals surface area contributed by atoms with Crippen LogP contribution in [0.15, 0.2) is 52.9 Å². The van der Waals surface area contributed by atoms with Gasteiger partial charge >= 0.3 is 0 Å². The first-order valence-electron chi connectivity index (χ1n) is 9.78. The predicted molar refractivity (Wildman–Crippen MR) is 115 cm³/mol. The number of aryl methyl sites for hydroxylation is 1. The Balaban J connectivity index is 1.66. The van der Waals surface area contributed by atoms with Crippen LogP contribution in [0.3, 0.4) is 0 Å². The summed E-state index contributed by atoms with van der Waals surface area (Å²) in [6.07, 6.45) is 0. The monoisotopic (exact) mass is 409 g/mol. The number of carbonyl (C=O) groups excluding carboxylic acids is 1. The number of ether oxygens (including phenoxy) is 3. The fraction of sp³-hybridized carbons (Fsp3) is 0.292. The fourth-order valence-corrected chi connectivity index (χ4v) is 2.93. The van der Waals surface area contributed by atoms with Crippen LogP contribution in [0.1, 0.15) is 47.0 Å². The number of hydrogen-bond acceptors (Lipinski definition) is 5. The average molecular weight is 409 g/mol. The first-order chi connectivity index (χ1) is 14.4. The lowest BCUT2D eigenvalue weighted by Crippen LogP contribution is -2.22. The van der Waals surface area contributed by atoms with Crippen LogP contribution in [0.2, 0.25) is 0 Å². The largest absolute Gasteiger partial charge is 0.497 e. The second-order valence-corrected chi connectivity index (χ2v) is 7.30. The summed E-state index contributed by atoms with van der Waals surface area (Å²) in [5.41, 5.74) is 3.02. The Morgan fingerprint density at radius 1 is 1.00 bits per heavy atom. The Bertz CT molecular complexity index is 1000. The summed E-state index contributed by atoms with van der Waals surface area (Å²) in [6.45, 7) is 6.53. The molecule has 0 aliphatic rings. The third kappa shape index (κ3) is 5.14. The van der Waals surface area contributed by atoms with Gasteiger partial charge < -0.3 is 23.9 Å². The van der Waals surface area contributed by atoms with Crippen LogP contribution in [0, 0.1) is 6.92 Å². The third-order valence-corrected chi connectivity index (χ3v) is 4.76. The highest BCUT2D eigenvalue weighted by molar-refractivity contribution is 5.91. The van der Waals surface area contributed by atoms with E-state index >= 15 is 0 Å².